The Hall–Kier alpha value is -0.570. The maximum Gasteiger partial charge on any atom is 0.223 e. The lowest BCUT2D eigenvalue weighted by Crippen LogP contribution is -2.42. The number of rotatable bonds is 4. The van der Waals surface area contributed by atoms with Crippen LogP contribution in [-0.2, 0) is 4.79 Å². The average molecular weight is 211 g/mol. The van der Waals surface area contributed by atoms with Gasteiger partial charge in [-0.1, -0.05) is 13.3 Å². The summed E-state index contributed by atoms with van der Waals surface area (Å²) in [6, 6.07) is -0.0448. The van der Waals surface area contributed by atoms with Crippen LogP contribution in [0.4, 0.5) is 0 Å². The van der Waals surface area contributed by atoms with Gasteiger partial charge >= 0.3 is 0 Å². The molecular weight excluding hydrogens is 190 g/mol. The molecule has 0 aromatic heterocycles. The predicted molar refractivity (Wildman–Crippen MR) is 58.2 cm³/mol. The molecule has 0 saturated heterocycles. The van der Waals surface area contributed by atoms with Crippen LogP contribution in [0.25, 0.3) is 0 Å². The van der Waals surface area contributed by atoms with Crippen molar-refractivity contribution in [2.45, 2.75) is 45.1 Å². The van der Waals surface area contributed by atoms with Crippen molar-refractivity contribution in [1.29, 1.82) is 0 Å². The summed E-state index contributed by atoms with van der Waals surface area (Å²) in [6.07, 6.45) is 5.71. The van der Waals surface area contributed by atoms with Gasteiger partial charge in [0.25, 0.3) is 0 Å². The summed E-state index contributed by atoms with van der Waals surface area (Å²) in [5, 5.41) is 12.0. The van der Waals surface area contributed by atoms with Crippen molar-refractivity contribution in [3.63, 3.8) is 0 Å². The number of aliphatic hydroxyl groups excluding tert-OH is 1. The van der Waals surface area contributed by atoms with Gasteiger partial charge in [-0.15, -0.1) is 0 Å². The number of carbonyl (C=O) groups is 1. The smallest absolute Gasteiger partial charge is 0.223 e. The normalized spacial score (nSPS) is 35.5. The van der Waals surface area contributed by atoms with Gasteiger partial charge in [0.15, 0.2) is 0 Å². The van der Waals surface area contributed by atoms with E-state index in [9.17, 15) is 4.79 Å². The van der Waals surface area contributed by atoms with Gasteiger partial charge in [-0.05, 0) is 37.5 Å². The Bertz CT molecular complexity index is 238. The molecule has 0 radical (unpaired) electrons. The molecule has 2 bridgehead atoms. The molecule has 0 heterocycles. The van der Waals surface area contributed by atoms with E-state index < -0.39 is 0 Å². The van der Waals surface area contributed by atoms with Gasteiger partial charge in [-0.2, -0.15) is 0 Å². The second kappa shape index (κ2) is 4.52. The van der Waals surface area contributed by atoms with Crippen LogP contribution >= 0.6 is 0 Å². The summed E-state index contributed by atoms with van der Waals surface area (Å²) in [5.41, 5.74) is 0. The molecule has 2 saturated carbocycles. The maximum absolute atomic E-state index is 11.9. The Balaban J connectivity index is 1.86. The van der Waals surface area contributed by atoms with Crippen LogP contribution in [0.2, 0.25) is 0 Å². The van der Waals surface area contributed by atoms with Crippen molar-refractivity contribution in [3.05, 3.63) is 0 Å². The maximum atomic E-state index is 11.9. The van der Waals surface area contributed by atoms with E-state index in [1.807, 2.05) is 6.92 Å². The molecule has 0 aromatic rings. The molecule has 3 nitrogen and oxygen atoms in total. The third-order valence-corrected chi connectivity index (χ3v) is 4.13. The summed E-state index contributed by atoms with van der Waals surface area (Å²) in [5.74, 6) is 1.86. The van der Waals surface area contributed by atoms with Crippen LogP contribution in [0, 0.1) is 17.8 Å². The average Bonchev–Trinajstić information content (AvgIpc) is 2.87. The van der Waals surface area contributed by atoms with Crippen LogP contribution in [-0.4, -0.2) is 23.7 Å². The van der Waals surface area contributed by atoms with Crippen LogP contribution in [0.3, 0.4) is 0 Å². The quantitative estimate of drug-likeness (QED) is 0.736. The van der Waals surface area contributed by atoms with Gasteiger partial charge in [0.1, 0.15) is 0 Å². The molecule has 3 heteroatoms. The third-order valence-electron chi connectivity index (χ3n) is 4.13. The van der Waals surface area contributed by atoms with Gasteiger partial charge < -0.3 is 10.4 Å². The number of hydrogen-bond donors (Lipinski definition) is 2. The van der Waals surface area contributed by atoms with E-state index in [1.54, 1.807) is 0 Å². The van der Waals surface area contributed by atoms with Crippen LogP contribution in [0.5, 0.6) is 0 Å². The second-order valence-corrected chi connectivity index (χ2v) is 5.08. The van der Waals surface area contributed by atoms with E-state index in [2.05, 4.69) is 5.32 Å². The number of nitrogens with one attached hydrogen (secondary N) is 1. The number of fused-ring (bicyclic) bond motifs is 2. The van der Waals surface area contributed by atoms with Crippen molar-refractivity contribution in [3.8, 4) is 0 Å². The molecule has 86 valence electrons. The first-order valence-corrected chi connectivity index (χ1v) is 6.15. The Morgan fingerprint density at radius 1 is 1.47 bits per heavy atom. The zero-order chi connectivity index (χ0) is 10.8. The molecule has 0 aromatic carbocycles. The minimum atomic E-state index is -0.0448. The van der Waals surface area contributed by atoms with Crippen LogP contribution in [0.1, 0.15) is 39.0 Å². The molecule has 2 aliphatic rings. The topological polar surface area (TPSA) is 49.3 Å². The van der Waals surface area contributed by atoms with Gasteiger partial charge in [0.2, 0.25) is 5.91 Å². The molecule has 2 rings (SSSR count). The minimum absolute atomic E-state index is 0.0448. The largest absolute Gasteiger partial charge is 0.394 e. The molecule has 4 atom stereocenters. The second-order valence-electron chi connectivity index (χ2n) is 5.08. The van der Waals surface area contributed by atoms with E-state index in [1.165, 1.54) is 19.3 Å². The summed E-state index contributed by atoms with van der Waals surface area (Å²) in [7, 11) is 0. The fraction of sp³-hybridized carbons (Fsp3) is 0.917. The molecular formula is C12H21NO2. The molecule has 0 aliphatic heterocycles. The summed E-state index contributed by atoms with van der Waals surface area (Å²) >= 11 is 0. The highest BCUT2D eigenvalue weighted by atomic mass is 16.3. The molecule has 2 N–H and O–H groups in total. The number of aliphatic hydroxyl groups is 1. The standard InChI is InChI=1S/C12H21NO2/c1-2-10(7-14)13-12(15)11-6-8-3-4-9(11)5-8/h8-11,14H,2-7H2,1H3,(H,13,15)/t8-,9+,10+,11+/m1/s1. The molecule has 2 fully saturated rings. The fourth-order valence-electron chi connectivity index (χ4n) is 3.15. The highest BCUT2D eigenvalue weighted by Gasteiger charge is 2.43. The zero-order valence-corrected chi connectivity index (χ0v) is 9.41. The first-order valence-electron chi connectivity index (χ1n) is 6.15. The Morgan fingerprint density at radius 2 is 2.27 bits per heavy atom. The van der Waals surface area contributed by atoms with Crippen molar-refractivity contribution in [2.24, 2.45) is 17.8 Å². The first kappa shape index (κ1) is 10.9. The Labute approximate surface area is 91.2 Å². The Kier molecular flexibility index (Phi) is 3.29. The molecule has 15 heavy (non-hydrogen) atoms. The van der Waals surface area contributed by atoms with E-state index in [0.717, 1.165) is 18.8 Å². The highest BCUT2D eigenvalue weighted by Crippen LogP contribution is 2.48. The van der Waals surface area contributed by atoms with Crippen molar-refractivity contribution in [2.75, 3.05) is 6.61 Å². The van der Waals surface area contributed by atoms with E-state index >= 15 is 0 Å². The first-order chi connectivity index (χ1) is 7.24. The third kappa shape index (κ3) is 2.17. The van der Waals surface area contributed by atoms with E-state index in [4.69, 9.17) is 5.11 Å². The van der Waals surface area contributed by atoms with Gasteiger partial charge in [-0.25, -0.2) is 0 Å². The van der Waals surface area contributed by atoms with Crippen molar-refractivity contribution < 1.29 is 9.90 Å². The summed E-state index contributed by atoms with van der Waals surface area (Å²) in [4.78, 5) is 11.9. The lowest BCUT2D eigenvalue weighted by molar-refractivity contribution is -0.127. The minimum Gasteiger partial charge on any atom is -0.394 e. The zero-order valence-electron chi connectivity index (χ0n) is 9.41. The molecule has 0 unspecified atom stereocenters. The van der Waals surface area contributed by atoms with E-state index in [0.29, 0.717) is 5.92 Å². The lowest BCUT2D eigenvalue weighted by Gasteiger charge is -2.23. The molecule has 0 spiro atoms. The SMILES string of the molecule is CC[C@@H](CO)NC(=O)[C@H]1C[C@@H]2CC[C@H]1C2. The van der Waals surface area contributed by atoms with Crippen molar-refractivity contribution >= 4 is 5.91 Å². The summed E-state index contributed by atoms with van der Waals surface area (Å²) < 4.78 is 0. The number of amides is 1. The van der Waals surface area contributed by atoms with Gasteiger partial charge in [0.05, 0.1) is 12.6 Å². The number of hydrogen-bond acceptors (Lipinski definition) is 2. The fourth-order valence-corrected chi connectivity index (χ4v) is 3.15. The molecule has 2 aliphatic carbocycles. The van der Waals surface area contributed by atoms with Crippen LogP contribution < -0.4 is 5.32 Å². The predicted octanol–water partition coefficient (Wildman–Crippen LogP) is 1.31. The van der Waals surface area contributed by atoms with Crippen LogP contribution in [0.15, 0.2) is 0 Å². The van der Waals surface area contributed by atoms with Crippen molar-refractivity contribution in [1.82, 2.24) is 5.32 Å². The van der Waals surface area contributed by atoms with Gasteiger partial charge in [-0.3, -0.25) is 4.79 Å². The number of carbonyl (C=O) groups excluding carboxylic acids is 1. The van der Waals surface area contributed by atoms with E-state index in [-0.39, 0.29) is 24.5 Å². The lowest BCUT2D eigenvalue weighted by atomic mass is 9.88. The Morgan fingerprint density at radius 3 is 2.73 bits per heavy atom. The molecule has 1 amide bonds. The monoisotopic (exact) mass is 211 g/mol. The van der Waals surface area contributed by atoms with Gasteiger partial charge in [0, 0.05) is 5.92 Å². The highest BCUT2D eigenvalue weighted by molar-refractivity contribution is 5.79. The summed E-state index contributed by atoms with van der Waals surface area (Å²) in [6.45, 7) is 2.05.